The summed E-state index contributed by atoms with van der Waals surface area (Å²) in [6.07, 6.45) is 6.10. The second-order valence-electron chi connectivity index (χ2n) is 6.37. The van der Waals surface area contributed by atoms with Crippen molar-refractivity contribution in [2.75, 3.05) is 26.2 Å². The third-order valence-corrected chi connectivity index (χ3v) is 4.80. The lowest BCUT2D eigenvalue weighted by Crippen LogP contribution is -2.42. The highest BCUT2D eigenvalue weighted by atomic mass is 16.2. The van der Waals surface area contributed by atoms with E-state index in [1.165, 1.54) is 12.8 Å². The Kier molecular flexibility index (Phi) is 9.72. The van der Waals surface area contributed by atoms with Crippen LogP contribution in [-0.4, -0.2) is 49.0 Å². The fourth-order valence-electron chi connectivity index (χ4n) is 3.10. The first-order valence-corrected chi connectivity index (χ1v) is 9.47. The highest BCUT2D eigenvalue weighted by molar-refractivity contribution is 5.80. The lowest BCUT2D eigenvalue weighted by atomic mass is 10.0. The Morgan fingerprint density at radius 2 is 1.91 bits per heavy atom. The van der Waals surface area contributed by atoms with Gasteiger partial charge in [0.15, 0.2) is 5.96 Å². The fourth-order valence-corrected chi connectivity index (χ4v) is 3.10. The highest BCUT2D eigenvalue weighted by Crippen LogP contribution is 2.17. The van der Waals surface area contributed by atoms with Gasteiger partial charge >= 0.3 is 0 Å². The Balaban J connectivity index is 2.44. The van der Waals surface area contributed by atoms with Crippen molar-refractivity contribution < 1.29 is 4.79 Å². The van der Waals surface area contributed by atoms with Gasteiger partial charge in [0.05, 0.1) is 0 Å². The first kappa shape index (κ1) is 19.8. The van der Waals surface area contributed by atoms with Crippen LogP contribution in [0.2, 0.25) is 0 Å². The second-order valence-corrected chi connectivity index (χ2v) is 6.37. The minimum atomic E-state index is 0.325. The molecule has 0 aromatic heterocycles. The lowest BCUT2D eigenvalue weighted by Gasteiger charge is -2.27. The molecule has 134 valence electrons. The van der Waals surface area contributed by atoms with Crippen molar-refractivity contribution in [3.63, 3.8) is 0 Å². The number of rotatable bonds is 10. The molecule has 1 unspecified atom stereocenters. The first-order valence-electron chi connectivity index (χ1n) is 9.47. The molecule has 1 heterocycles. The van der Waals surface area contributed by atoms with Crippen LogP contribution in [0.4, 0.5) is 0 Å². The summed E-state index contributed by atoms with van der Waals surface area (Å²) in [6, 6.07) is 0.361. The number of amides is 1. The maximum Gasteiger partial charge on any atom is 0.222 e. The normalized spacial score (nSPS) is 17.0. The molecule has 0 radical (unpaired) electrons. The van der Waals surface area contributed by atoms with Crippen LogP contribution in [0.25, 0.3) is 0 Å². The van der Waals surface area contributed by atoms with Crippen molar-refractivity contribution in [2.24, 2.45) is 10.9 Å². The van der Waals surface area contributed by atoms with Crippen molar-refractivity contribution >= 4 is 11.9 Å². The van der Waals surface area contributed by atoms with E-state index in [2.05, 4.69) is 43.2 Å². The summed E-state index contributed by atoms with van der Waals surface area (Å²) < 4.78 is 0. The SMILES string of the molecule is CCNC(=NCC(CC)CC)NCCC(CC)N1CCCC1=O. The van der Waals surface area contributed by atoms with Gasteiger partial charge in [-0.1, -0.05) is 33.6 Å². The van der Waals surface area contributed by atoms with Crippen molar-refractivity contribution in [3.05, 3.63) is 0 Å². The predicted molar refractivity (Wildman–Crippen MR) is 97.7 cm³/mol. The number of guanidine groups is 1. The summed E-state index contributed by atoms with van der Waals surface area (Å²) in [5.74, 6) is 1.89. The summed E-state index contributed by atoms with van der Waals surface area (Å²) >= 11 is 0. The Hall–Kier alpha value is -1.26. The van der Waals surface area contributed by atoms with Gasteiger partial charge in [-0.25, -0.2) is 0 Å². The molecule has 1 atom stereocenters. The van der Waals surface area contributed by atoms with E-state index in [-0.39, 0.29) is 0 Å². The third-order valence-electron chi connectivity index (χ3n) is 4.80. The molecule has 23 heavy (non-hydrogen) atoms. The van der Waals surface area contributed by atoms with Gasteiger partial charge in [-0.2, -0.15) is 0 Å². The van der Waals surface area contributed by atoms with E-state index in [1.807, 2.05) is 0 Å². The van der Waals surface area contributed by atoms with Crippen molar-refractivity contribution in [3.8, 4) is 0 Å². The third kappa shape index (κ3) is 6.80. The number of carbonyl (C=O) groups is 1. The van der Waals surface area contributed by atoms with Gasteiger partial charge < -0.3 is 15.5 Å². The van der Waals surface area contributed by atoms with Gasteiger partial charge in [0.1, 0.15) is 0 Å². The molecular weight excluding hydrogens is 288 g/mol. The topological polar surface area (TPSA) is 56.7 Å². The van der Waals surface area contributed by atoms with E-state index in [0.717, 1.165) is 57.8 Å². The molecule has 1 aliphatic rings. The molecular formula is C18H36N4O. The molecule has 0 aromatic carbocycles. The summed E-state index contributed by atoms with van der Waals surface area (Å²) in [6.45, 7) is 12.2. The Morgan fingerprint density at radius 1 is 1.17 bits per heavy atom. The van der Waals surface area contributed by atoms with Crippen LogP contribution in [0.3, 0.4) is 0 Å². The van der Waals surface area contributed by atoms with Crippen molar-refractivity contribution in [1.29, 1.82) is 0 Å². The number of aliphatic imine (C=N–C) groups is 1. The zero-order valence-corrected chi connectivity index (χ0v) is 15.5. The largest absolute Gasteiger partial charge is 0.357 e. The van der Waals surface area contributed by atoms with E-state index in [0.29, 0.717) is 17.9 Å². The molecule has 1 saturated heterocycles. The van der Waals surface area contributed by atoms with Gasteiger partial charge in [-0.3, -0.25) is 9.79 Å². The molecule has 5 nitrogen and oxygen atoms in total. The van der Waals surface area contributed by atoms with E-state index in [1.54, 1.807) is 0 Å². The zero-order valence-electron chi connectivity index (χ0n) is 15.5. The zero-order chi connectivity index (χ0) is 17.1. The molecule has 1 fully saturated rings. The first-order chi connectivity index (χ1) is 11.2. The predicted octanol–water partition coefficient (Wildman–Crippen LogP) is 2.77. The Bertz CT molecular complexity index is 366. The number of hydrogen-bond acceptors (Lipinski definition) is 2. The molecule has 0 aliphatic carbocycles. The average Bonchev–Trinajstić information content (AvgIpc) is 2.98. The van der Waals surface area contributed by atoms with Gasteiger partial charge in [0.2, 0.25) is 5.91 Å². The minimum Gasteiger partial charge on any atom is -0.357 e. The molecule has 2 N–H and O–H groups in total. The van der Waals surface area contributed by atoms with Crippen LogP contribution in [0, 0.1) is 5.92 Å². The number of carbonyl (C=O) groups excluding carboxylic acids is 1. The average molecular weight is 325 g/mol. The summed E-state index contributed by atoms with van der Waals surface area (Å²) in [7, 11) is 0. The number of likely N-dealkylation sites (tertiary alicyclic amines) is 1. The molecule has 0 spiro atoms. The number of nitrogens with zero attached hydrogens (tertiary/aromatic N) is 2. The van der Waals surface area contributed by atoms with Crippen LogP contribution in [0.5, 0.6) is 0 Å². The maximum atomic E-state index is 11.9. The summed E-state index contributed by atoms with van der Waals surface area (Å²) in [4.78, 5) is 18.7. The van der Waals surface area contributed by atoms with Gasteiger partial charge in [0, 0.05) is 38.6 Å². The van der Waals surface area contributed by atoms with E-state index in [9.17, 15) is 4.79 Å². The van der Waals surface area contributed by atoms with Crippen LogP contribution in [0.15, 0.2) is 4.99 Å². The standard InChI is InChI=1S/C18H36N4O/c1-5-15(6-2)14-21-18(19-8-4)20-12-11-16(7-3)22-13-9-10-17(22)23/h15-16H,5-14H2,1-4H3,(H2,19,20,21). The quantitative estimate of drug-likeness (QED) is 0.480. The lowest BCUT2D eigenvalue weighted by molar-refractivity contribution is -0.129. The fraction of sp³-hybridized carbons (Fsp3) is 0.889. The summed E-state index contributed by atoms with van der Waals surface area (Å²) in [5, 5.41) is 6.74. The van der Waals surface area contributed by atoms with Crippen LogP contribution >= 0.6 is 0 Å². The number of hydrogen-bond donors (Lipinski definition) is 2. The van der Waals surface area contributed by atoms with Gasteiger partial charge in [0.25, 0.3) is 0 Å². The van der Waals surface area contributed by atoms with Crippen LogP contribution in [-0.2, 0) is 4.79 Å². The molecule has 5 heteroatoms. The molecule has 1 amide bonds. The number of nitrogens with one attached hydrogen (secondary N) is 2. The monoisotopic (exact) mass is 324 g/mol. The molecule has 1 rings (SSSR count). The van der Waals surface area contributed by atoms with Gasteiger partial charge in [-0.05, 0) is 32.1 Å². The second kappa shape index (κ2) is 11.3. The summed E-state index contributed by atoms with van der Waals surface area (Å²) in [5.41, 5.74) is 0. The Morgan fingerprint density at radius 3 is 2.43 bits per heavy atom. The highest BCUT2D eigenvalue weighted by Gasteiger charge is 2.26. The van der Waals surface area contributed by atoms with Crippen LogP contribution < -0.4 is 10.6 Å². The molecule has 0 saturated carbocycles. The Labute approximate surface area is 142 Å². The molecule has 0 bridgehead atoms. The maximum absolute atomic E-state index is 11.9. The van der Waals surface area contributed by atoms with Crippen LogP contribution in [0.1, 0.15) is 66.2 Å². The van der Waals surface area contributed by atoms with Crippen molar-refractivity contribution in [2.45, 2.75) is 72.3 Å². The van der Waals surface area contributed by atoms with E-state index < -0.39 is 0 Å². The smallest absolute Gasteiger partial charge is 0.222 e. The minimum absolute atomic E-state index is 0.325. The molecule has 0 aromatic rings. The van der Waals surface area contributed by atoms with Crippen molar-refractivity contribution in [1.82, 2.24) is 15.5 Å². The molecule has 1 aliphatic heterocycles. The van der Waals surface area contributed by atoms with E-state index >= 15 is 0 Å². The van der Waals surface area contributed by atoms with Gasteiger partial charge in [-0.15, -0.1) is 0 Å². The van der Waals surface area contributed by atoms with E-state index in [4.69, 9.17) is 4.99 Å².